The Morgan fingerprint density at radius 1 is 1.16 bits per heavy atom. The van der Waals surface area contributed by atoms with Gasteiger partial charge in [0.1, 0.15) is 0 Å². The van der Waals surface area contributed by atoms with Crippen molar-refractivity contribution in [2.24, 2.45) is 0 Å². The fraction of sp³-hybridized carbons (Fsp3) is 0.0556. The second kappa shape index (κ2) is 7.39. The standard InChI is InChI=1S/C18H13ClN2O2S2/c1-11-2-4-12(5-3-11)10-15-17(23)21(18(24)25-15)20-16(22)13-6-8-14(19)9-7-13/h2-10H,1H3,(H,20,22)/b15-10-. The molecule has 0 spiro atoms. The Morgan fingerprint density at radius 2 is 1.80 bits per heavy atom. The number of thioether (sulfide) groups is 1. The lowest BCUT2D eigenvalue weighted by Gasteiger charge is -2.15. The summed E-state index contributed by atoms with van der Waals surface area (Å²) < 4.78 is 0.283. The molecular weight excluding hydrogens is 376 g/mol. The molecule has 1 N–H and O–H groups in total. The van der Waals surface area contributed by atoms with Gasteiger partial charge in [-0.1, -0.05) is 53.2 Å². The van der Waals surface area contributed by atoms with E-state index in [0.29, 0.717) is 15.5 Å². The van der Waals surface area contributed by atoms with Crippen molar-refractivity contribution in [1.82, 2.24) is 10.4 Å². The summed E-state index contributed by atoms with van der Waals surface area (Å²) in [5.41, 5.74) is 4.96. The first-order chi connectivity index (χ1) is 11.9. The number of aryl methyl sites for hydroxylation is 1. The van der Waals surface area contributed by atoms with Crippen molar-refractivity contribution >= 4 is 57.8 Å². The molecule has 0 atom stereocenters. The lowest BCUT2D eigenvalue weighted by molar-refractivity contribution is -0.123. The third-order valence-electron chi connectivity index (χ3n) is 3.49. The van der Waals surface area contributed by atoms with Gasteiger partial charge in [-0.2, -0.15) is 5.01 Å². The highest BCUT2D eigenvalue weighted by Crippen LogP contribution is 2.31. The van der Waals surface area contributed by atoms with Crippen LogP contribution in [-0.4, -0.2) is 21.1 Å². The molecule has 2 aromatic rings. The first-order valence-corrected chi connectivity index (χ1v) is 8.95. The van der Waals surface area contributed by atoms with E-state index in [1.807, 2.05) is 31.2 Å². The Kier molecular flexibility index (Phi) is 5.22. The Morgan fingerprint density at radius 3 is 2.44 bits per heavy atom. The molecule has 0 saturated carbocycles. The predicted octanol–water partition coefficient (Wildman–Crippen LogP) is 4.19. The summed E-state index contributed by atoms with van der Waals surface area (Å²) in [5.74, 6) is -0.776. The molecule has 1 aliphatic heterocycles. The van der Waals surface area contributed by atoms with Gasteiger partial charge < -0.3 is 0 Å². The average Bonchev–Trinajstić information content (AvgIpc) is 2.85. The highest BCUT2D eigenvalue weighted by molar-refractivity contribution is 8.26. The SMILES string of the molecule is Cc1ccc(/C=C2\SC(=S)N(NC(=O)c3ccc(Cl)cc3)C2=O)cc1. The van der Waals surface area contributed by atoms with Crippen LogP contribution in [0.4, 0.5) is 0 Å². The minimum Gasteiger partial charge on any atom is -0.267 e. The van der Waals surface area contributed by atoms with Gasteiger partial charge in [0.15, 0.2) is 4.32 Å². The number of hydrazine groups is 1. The van der Waals surface area contributed by atoms with Crippen molar-refractivity contribution in [1.29, 1.82) is 0 Å². The lowest BCUT2D eigenvalue weighted by Crippen LogP contribution is -2.44. The van der Waals surface area contributed by atoms with E-state index in [0.717, 1.165) is 27.9 Å². The number of nitrogens with one attached hydrogen (secondary N) is 1. The van der Waals surface area contributed by atoms with Crippen LogP contribution in [0.15, 0.2) is 53.4 Å². The molecule has 7 heteroatoms. The molecule has 2 amide bonds. The number of rotatable bonds is 3. The zero-order valence-corrected chi connectivity index (χ0v) is 15.5. The van der Waals surface area contributed by atoms with E-state index in [1.54, 1.807) is 30.3 Å². The number of amides is 2. The first kappa shape index (κ1) is 17.7. The van der Waals surface area contributed by atoms with Gasteiger partial charge in [-0.05, 0) is 55.0 Å². The van der Waals surface area contributed by atoms with E-state index < -0.39 is 5.91 Å². The molecule has 1 saturated heterocycles. The number of thiocarbonyl (C=S) groups is 1. The highest BCUT2D eigenvalue weighted by atomic mass is 35.5. The summed E-state index contributed by atoms with van der Waals surface area (Å²) >= 11 is 12.2. The molecule has 1 fully saturated rings. The Balaban J connectivity index is 1.76. The topological polar surface area (TPSA) is 49.4 Å². The number of hydrogen-bond donors (Lipinski definition) is 1. The molecule has 0 radical (unpaired) electrons. The lowest BCUT2D eigenvalue weighted by atomic mass is 10.1. The summed E-state index contributed by atoms with van der Waals surface area (Å²) in [6.45, 7) is 2.00. The molecule has 3 rings (SSSR count). The van der Waals surface area contributed by atoms with Crippen LogP contribution in [0, 0.1) is 6.92 Å². The summed E-state index contributed by atoms with van der Waals surface area (Å²) in [6, 6.07) is 14.2. The maximum atomic E-state index is 12.5. The molecule has 25 heavy (non-hydrogen) atoms. The zero-order chi connectivity index (χ0) is 18.0. The van der Waals surface area contributed by atoms with Crippen LogP contribution in [0.5, 0.6) is 0 Å². The van der Waals surface area contributed by atoms with Crippen LogP contribution < -0.4 is 5.43 Å². The monoisotopic (exact) mass is 388 g/mol. The molecule has 2 aromatic carbocycles. The molecule has 1 heterocycles. The highest BCUT2D eigenvalue weighted by Gasteiger charge is 2.33. The van der Waals surface area contributed by atoms with Crippen LogP contribution in [0.1, 0.15) is 21.5 Å². The minimum absolute atomic E-state index is 0.283. The Hall–Kier alpha value is -2.15. The predicted molar refractivity (Wildman–Crippen MR) is 105 cm³/mol. The van der Waals surface area contributed by atoms with Crippen molar-refractivity contribution in [2.75, 3.05) is 0 Å². The molecule has 1 aliphatic rings. The molecular formula is C18H13ClN2O2S2. The number of halogens is 1. The second-order valence-corrected chi connectivity index (χ2v) is 7.49. The van der Waals surface area contributed by atoms with Gasteiger partial charge in [0.25, 0.3) is 11.8 Å². The van der Waals surface area contributed by atoms with Crippen molar-refractivity contribution in [3.05, 3.63) is 75.1 Å². The van der Waals surface area contributed by atoms with Gasteiger partial charge in [0, 0.05) is 10.6 Å². The number of benzene rings is 2. The largest absolute Gasteiger partial charge is 0.285 e. The fourth-order valence-corrected chi connectivity index (χ4v) is 3.45. The molecule has 4 nitrogen and oxygen atoms in total. The fourth-order valence-electron chi connectivity index (χ4n) is 2.15. The average molecular weight is 389 g/mol. The van der Waals surface area contributed by atoms with E-state index in [1.165, 1.54) is 0 Å². The van der Waals surface area contributed by atoms with Gasteiger partial charge in [-0.3, -0.25) is 15.0 Å². The third kappa shape index (κ3) is 4.10. The van der Waals surface area contributed by atoms with Crippen molar-refractivity contribution in [3.63, 3.8) is 0 Å². The first-order valence-electron chi connectivity index (χ1n) is 7.35. The molecule has 0 aromatic heterocycles. The zero-order valence-electron chi connectivity index (χ0n) is 13.2. The summed E-state index contributed by atoms with van der Waals surface area (Å²) in [5, 5.41) is 1.62. The third-order valence-corrected chi connectivity index (χ3v) is 5.04. The maximum absolute atomic E-state index is 12.5. The number of carbonyl (C=O) groups is 2. The van der Waals surface area contributed by atoms with Gasteiger partial charge in [-0.25, -0.2) is 0 Å². The number of hydrogen-bond acceptors (Lipinski definition) is 4. The maximum Gasteiger partial charge on any atom is 0.285 e. The van der Waals surface area contributed by atoms with Crippen LogP contribution >= 0.6 is 35.6 Å². The molecule has 0 aliphatic carbocycles. The summed E-state index contributed by atoms with van der Waals surface area (Å²) in [4.78, 5) is 25.3. The van der Waals surface area contributed by atoms with Gasteiger partial charge in [0.2, 0.25) is 0 Å². The smallest absolute Gasteiger partial charge is 0.267 e. The number of carbonyl (C=O) groups excluding carboxylic acids is 2. The van der Waals surface area contributed by atoms with Crippen LogP contribution in [0.25, 0.3) is 6.08 Å². The van der Waals surface area contributed by atoms with E-state index in [-0.39, 0.29) is 10.2 Å². The molecule has 0 unspecified atom stereocenters. The minimum atomic E-state index is -0.426. The van der Waals surface area contributed by atoms with E-state index in [2.05, 4.69) is 5.43 Å². The van der Waals surface area contributed by atoms with Crippen molar-refractivity contribution in [2.45, 2.75) is 6.92 Å². The van der Waals surface area contributed by atoms with E-state index >= 15 is 0 Å². The van der Waals surface area contributed by atoms with Crippen LogP contribution in [0.3, 0.4) is 0 Å². The quantitative estimate of drug-likeness (QED) is 0.632. The van der Waals surface area contributed by atoms with Gasteiger partial charge >= 0.3 is 0 Å². The van der Waals surface area contributed by atoms with Gasteiger partial charge in [-0.15, -0.1) is 0 Å². The Labute approximate surface area is 159 Å². The summed E-state index contributed by atoms with van der Waals surface area (Å²) in [6.07, 6.45) is 1.76. The van der Waals surface area contributed by atoms with Crippen molar-refractivity contribution in [3.8, 4) is 0 Å². The number of nitrogens with zero attached hydrogens (tertiary/aromatic N) is 1. The summed E-state index contributed by atoms with van der Waals surface area (Å²) in [7, 11) is 0. The van der Waals surface area contributed by atoms with E-state index in [4.69, 9.17) is 23.8 Å². The Bertz CT molecular complexity index is 877. The normalized spacial score (nSPS) is 15.8. The van der Waals surface area contributed by atoms with Crippen LogP contribution in [-0.2, 0) is 4.79 Å². The molecule has 0 bridgehead atoms. The van der Waals surface area contributed by atoms with E-state index in [9.17, 15) is 9.59 Å². The van der Waals surface area contributed by atoms with Crippen molar-refractivity contribution < 1.29 is 9.59 Å². The molecule has 126 valence electrons. The van der Waals surface area contributed by atoms with Gasteiger partial charge in [0.05, 0.1) is 4.91 Å². The van der Waals surface area contributed by atoms with Crippen LogP contribution in [0.2, 0.25) is 5.02 Å². The second-order valence-electron chi connectivity index (χ2n) is 5.38.